The number of hydrogen-bond donors (Lipinski definition) is 1. The van der Waals surface area contributed by atoms with Gasteiger partial charge in [0.2, 0.25) is 0 Å². The number of hydrogen-bond acceptors (Lipinski definition) is 10. The molecule has 27 heavy (non-hydrogen) atoms. The fourth-order valence-electron chi connectivity index (χ4n) is 2.65. The molecule has 1 fully saturated rings. The van der Waals surface area contributed by atoms with Gasteiger partial charge < -0.3 is 9.84 Å². The highest BCUT2D eigenvalue weighted by Crippen LogP contribution is 2.44. The second-order valence-corrected chi connectivity index (χ2v) is 11.1. The first kappa shape index (κ1) is 24.5. The maximum absolute atomic E-state index is 11.8. The summed E-state index contributed by atoms with van der Waals surface area (Å²) < 4.78 is 5.96. The molecule has 0 aliphatic carbocycles. The first-order valence-electron chi connectivity index (χ1n) is 8.03. The Morgan fingerprint density at radius 1 is 0.741 bits per heavy atom. The maximum atomic E-state index is 11.8. The summed E-state index contributed by atoms with van der Waals surface area (Å²) in [7, 11) is 0. The monoisotopic (exact) mass is 454 g/mol. The summed E-state index contributed by atoms with van der Waals surface area (Å²) in [5, 5.41) is 6.93. The molecular formula is C16H22O7S4. The molecule has 152 valence electrons. The minimum atomic E-state index is -1.09. The van der Waals surface area contributed by atoms with Crippen LogP contribution in [0.2, 0.25) is 0 Å². The second-order valence-electron chi connectivity index (χ2n) is 5.84. The lowest BCUT2D eigenvalue weighted by molar-refractivity contribution is -0.142. The molecular weight excluding hydrogens is 432 g/mol. The van der Waals surface area contributed by atoms with Crippen LogP contribution in [0.3, 0.4) is 0 Å². The third kappa shape index (κ3) is 8.59. The molecule has 0 bridgehead atoms. The van der Waals surface area contributed by atoms with E-state index in [1.54, 1.807) is 0 Å². The van der Waals surface area contributed by atoms with Crippen molar-refractivity contribution >= 4 is 73.5 Å². The zero-order valence-electron chi connectivity index (χ0n) is 15.3. The van der Waals surface area contributed by atoms with Crippen LogP contribution in [0, 0.1) is 0 Å². The van der Waals surface area contributed by atoms with Gasteiger partial charge in [-0.25, -0.2) is 0 Å². The topological polar surface area (TPSA) is 115 Å². The molecule has 7 nitrogen and oxygen atoms in total. The van der Waals surface area contributed by atoms with Crippen LogP contribution < -0.4 is 0 Å². The van der Waals surface area contributed by atoms with Crippen molar-refractivity contribution in [1.29, 1.82) is 0 Å². The van der Waals surface area contributed by atoms with Gasteiger partial charge in [-0.2, -0.15) is 0 Å². The minimum absolute atomic E-state index is 0.129. The molecule has 5 atom stereocenters. The molecule has 0 amide bonds. The summed E-state index contributed by atoms with van der Waals surface area (Å²) in [6.45, 7) is 5.55. The van der Waals surface area contributed by atoms with E-state index in [4.69, 9.17) is 4.74 Å². The summed E-state index contributed by atoms with van der Waals surface area (Å²) in [6.07, 6.45) is -1.74. The average Bonchev–Trinajstić information content (AvgIpc) is 2.49. The molecule has 1 aliphatic heterocycles. The molecule has 0 saturated carbocycles. The van der Waals surface area contributed by atoms with Gasteiger partial charge in [-0.05, 0) is 0 Å². The van der Waals surface area contributed by atoms with Gasteiger partial charge in [-0.15, -0.1) is 0 Å². The van der Waals surface area contributed by atoms with E-state index < -0.39 is 33.9 Å². The molecule has 1 rings (SSSR count). The summed E-state index contributed by atoms with van der Waals surface area (Å²) in [4.78, 5) is 58.0. The quantitative estimate of drug-likeness (QED) is 0.611. The fourth-order valence-corrected chi connectivity index (χ4v) is 7.23. The Morgan fingerprint density at radius 2 is 1.19 bits per heavy atom. The van der Waals surface area contributed by atoms with Crippen molar-refractivity contribution < 1.29 is 33.8 Å². The zero-order chi connectivity index (χ0) is 20.7. The molecule has 0 aromatic rings. The molecule has 1 saturated heterocycles. The van der Waals surface area contributed by atoms with Crippen LogP contribution in [0.25, 0.3) is 0 Å². The van der Waals surface area contributed by atoms with Crippen LogP contribution in [-0.4, -0.2) is 65.2 Å². The molecule has 0 aromatic carbocycles. The van der Waals surface area contributed by atoms with E-state index in [2.05, 4.69) is 0 Å². The third-order valence-corrected chi connectivity index (χ3v) is 8.30. The molecule has 1 heterocycles. The minimum Gasteiger partial charge on any atom is -0.481 e. The van der Waals surface area contributed by atoms with Crippen LogP contribution >= 0.6 is 47.0 Å². The zero-order valence-corrected chi connectivity index (χ0v) is 18.6. The van der Waals surface area contributed by atoms with Crippen molar-refractivity contribution in [2.45, 2.75) is 62.1 Å². The SMILES string of the molecule is CC(=O)SC[C@H]1O[C@@H](CC(=O)O)[C@H](SC(C)=O)[C@H](SC(C)=O)[C@@H]1SC(C)=O. The van der Waals surface area contributed by atoms with Crippen LogP contribution in [0.4, 0.5) is 0 Å². The lowest BCUT2D eigenvalue weighted by Gasteiger charge is -2.45. The normalized spacial score (nSPS) is 27.8. The van der Waals surface area contributed by atoms with Gasteiger partial charge >= 0.3 is 5.97 Å². The molecule has 0 radical (unpaired) electrons. The third-order valence-electron chi connectivity index (χ3n) is 3.46. The Morgan fingerprint density at radius 3 is 1.59 bits per heavy atom. The summed E-state index contributed by atoms with van der Waals surface area (Å²) in [5.41, 5.74) is 0. The summed E-state index contributed by atoms with van der Waals surface area (Å²) >= 11 is 3.95. The second kappa shape index (κ2) is 11.5. The van der Waals surface area contributed by atoms with Crippen molar-refractivity contribution in [2.75, 3.05) is 5.75 Å². The van der Waals surface area contributed by atoms with Gasteiger partial charge in [-0.3, -0.25) is 24.0 Å². The number of thioether (sulfide) groups is 4. The van der Waals surface area contributed by atoms with Gasteiger partial charge in [0, 0.05) is 38.7 Å². The predicted octanol–water partition coefficient (Wildman–Crippen LogP) is 2.45. The Labute approximate surface area is 174 Å². The first-order chi connectivity index (χ1) is 12.5. The fraction of sp³-hybridized carbons (Fsp3) is 0.688. The van der Waals surface area contributed by atoms with E-state index >= 15 is 0 Å². The Balaban J connectivity index is 3.29. The van der Waals surface area contributed by atoms with Crippen molar-refractivity contribution in [3.05, 3.63) is 0 Å². The van der Waals surface area contributed by atoms with Crippen molar-refractivity contribution in [1.82, 2.24) is 0 Å². The van der Waals surface area contributed by atoms with Crippen LogP contribution in [0.5, 0.6) is 0 Å². The molecule has 1 aliphatic rings. The van der Waals surface area contributed by atoms with E-state index in [9.17, 15) is 29.1 Å². The molecule has 11 heteroatoms. The van der Waals surface area contributed by atoms with Crippen molar-refractivity contribution in [3.63, 3.8) is 0 Å². The standard InChI is InChI=1S/C16H22O7S4/c1-7(17)24-6-12-15(26-9(3)19)16(27-10(4)20)14(25-8(2)18)11(23-12)5-13(21)22/h11-12,14-16H,5-6H2,1-4H3,(H,21,22)/t11-,12+,14-,15+,16-/m0/s1. The number of carboxylic acid groups (broad SMARTS) is 1. The molecule has 0 aromatic heterocycles. The lowest BCUT2D eigenvalue weighted by atomic mass is 10.0. The Kier molecular flexibility index (Phi) is 10.5. The van der Waals surface area contributed by atoms with Crippen molar-refractivity contribution in [3.8, 4) is 0 Å². The number of carbonyl (C=O) groups is 5. The number of carbonyl (C=O) groups excluding carboxylic acids is 4. The van der Waals surface area contributed by atoms with Crippen molar-refractivity contribution in [2.24, 2.45) is 0 Å². The molecule has 0 unspecified atom stereocenters. The molecule has 0 spiro atoms. The maximum Gasteiger partial charge on any atom is 0.306 e. The largest absolute Gasteiger partial charge is 0.481 e. The predicted molar refractivity (Wildman–Crippen MR) is 110 cm³/mol. The first-order valence-corrected chi connectivity index (χ1v) is 11.7. The van der Waals surface area contributed by atoms with Crippen LogP contribution in [0.1, 0.15) is 34.1 Å². The van der Waals surface area contributed by atoms with E-state index in [1.165, 1.54) is 27.7 Å². The number of ether oxygens (including phenoxy) is 1. The average molecular weight is 455 g/mol. The highest BCUT2D eigenvalue weighted by atomic mass is 32.2. The van der Waals surface area contributed by atoms with Gasteiger partial charge in [0.25, 0.3) is 0 Å². The summed E-state index contributed by atoms with van der Waals surface area (Å²) in [5.74, 6) is -0.848. The number of rotatable bonds is 7. The summed E-state index contributed by atoms with van der Waals surface area (Å²) in [6, 6.07) is 0. The van der Waals surface area contributed by atoms with Crippen LogP contribution in [0.15, 0.2) is 0 Å². The van der Waals surface area contributed by atoms with Gasteiger partial charge in [0.15, 0.2) is 20.5 Å². The Hall–Kier alpha value is -0.490. The van der Waals surface area contributed by atoms with Gasteiger partial charge in [0.05, 0.1) is 29.1 Å². The molecule has 1 N–H and O–H groups in total. The Bertz CT molecular complexity index is 610. The van der Waals surface area contributed by atoms with Gasteiger partial charge in [0.1, 0.15) is 0 Å². The smallest absolute Gasteiger partial charge is 0.306 e. The van der Waals surface area contributed by atoms with E-state index in [-0.39, 0.29) is 32.6 Å². The lowest BCUT2D eigenvalue weighted by Crippen LogP contribution is -2.55. The van der Waals surface area contributed by atoms with E-state index in [0.29, 0.717) is 0 Å². The van der Waals surface area contributed by atoms with Crippen LogP contribution in [-0.2, 0) is 28.7 Å². The highest BCUT2D eigenvalue weighted by molar-refractivity contribution is 8.19. The number of aliphatic carboxylic acids is 1. The number of carboxylic acids is 1. The highest BCUT2D eigenvalue weighted by Gasteiger charge is 2.48. The van der Waals surface area contributed by atoms with E-state index in [0.717, 1.165) is 47.0 Å². The van der Waals surface area contributed by atoms with E-state index in [1.807, 2.05) is 0 Å². The van der Waals surface area contributed by atoms with Gasteiger partial charge in [-0.1, -0.05) is 47.0 Å².